The van der Waals surface area contributed by atoms with Crippen LogP contribution in [-0.4, -0.2) is 44.4 Å². The van der Waals surface area contributed by atoms with Crippen LogP contribution in [0.3, 0.4) is 0 Å². The summed E-state index contributed by atoms with van der Waals surface area (Å²) in [5.41, 5.74) is 3.67. The Morgan fingerprint density at radius 1 is 1.19 bits per heavy atom. The third kappa shape index (κ3) is 4.69. The number of aromatic nitrogens is 3. The molecule has 1 saturated heterocycles. The molecule has 8 nitrogen and oxygen atoms in total. The van der Waals surface area contributed by atoms with Crippen LogP contribution in [0.15, 0.2) is 33.3 Å². The number of carbonyl (C=O) groups is 1. The zero-order valence-electron chi connectivity index (χ0n) is 18.2. The Hall–Kier alpha value is -3.00. The van der Waals surface area contributed by atoms with Crippen molar-refractivity contribution in [3.05, 3.63) is 41.2 Å². The summed E-state index contributed by atoms with van der Waals surface area (Å²) in [5.74, 6) is 1.29. The monoisotopic (exact) mass is 424 g/mol. The van der Waals surface area contributed by atoms with Crippen molar-refractivity contribution in [1.29, 1.82) is 0 Å². The molecule has 3 aromatic rings. The van der Waals surface area contributed by atoms with Gasteiger partial charge in [0.05, 0.1) is 5.92 Å². The van der Waals surface area contributed by atoms with Crippen LogP contribution in [0.2, 0.25) is 0 Å². The van der Waals surface area contributed by atoms with Gasteiger partial charge < -0.3 is 14.2 Å². The van der Waals surface area contributed by atoms with Gasteiger partial charge in [0.1, 0.15) is 5.76 Å². The zero-order chi connectivity index (χ0) is 22.0. The van der Waals surface area contributed by atoms with Crippen LogP contribution < -0.4 is 0 Å². The van der Waals surface area contributed by atoms with Crippen LogP contribution in [0.25, 0.3) is 23.0 Å². The van der Waals surface area contributed by atoms with Gasteiger partial charge in [-0.05, 0) is 17.9 Å². The fourth-order valence-electron chi connectivity index (χ4n) is 3.86. The Morgan fingerprint density at radius 2 is 1.94 bits per heavy atom. The number of nitrogens with zero attached hydrogens (tertiary/aromatic N) is 4. The predicted octanol–water partition coefficient (Wildman–Crippen LogP) is 4.06. The summed E-state index contributed by atoms with van der Waals surface area (Å²) in [7, 11) is 0. The van der Waals surface area contributed by atoms with E-state index in [1.807, 2.05) is 24.3 Å². The summed E-state index contributed by atoms with van der Waals surface area (Å²) in [6, 6.07) is 7.94. The number of aliphatic carboxylic acids is 1. The standard InChI is InChI=1S/C23H28N4O4/c1-4-5-18-19(10-14(2)3)30-25-20(18)22-24-21(26-31-22)16-8-6-15(7-9-16)11-27-12-17(13-27)23(28)29/h6-9,14,17H,4-5,10-13H2,1-3H3,(H,28,29). The van der Waals surface area contributed by atoms with Gasteiger partial charge in [-0.1, -0.05) is 61.8 Å². The molecular formula is C23H28N4O4. The van der Waals surface area contributed by atoms with E-state index in [9.17, 15) is 4.79 Å². The van der Waals surface area contributed by atoms with E-state index in [0.717, 1.165) is 48.3 Å². The van der Waals surface area contributed by atoms with Crippen molar-refractivity contribution in [1.82, 2.24) is 20.2 Å². The summed E-state index contributed by atoms with van der Waals surface area (Å²) >= 11 is 0. The average molecular weight is 425 g/mol. The van der Waals surface area contributed by atoms with Crippen LogP contribution in [0.1, 0.15) is 44.1 Å². The third-order valence-corrected chi connectivity index (χ3v) is 5.52. The van der Waals surface area contributed by atoms with Gasteiger partial charge in [0.25, 0.3) is 5.89 Å². The highest BCUT2D eigenvalue weighted by atomic mass is 16.5. The quantitative estimate of drug-likeness (QED) is 0.548. The zero-order valence-corrected chi connectivity index (χ0v) is 18.2. The topological polar surface area (TPSA) is 105 Å². The van der Waals surface area contributed by atoms with E-state index >= 15 is 0 Å². The van der Waals surface area contributed by atoms with Gasteiger partial charge >= 0.3 is 5.97 Å². The van der Waals surface area contributed by atoms with Crippen LogP contribution in [0.5, 0.6) is 0 Å². The number of rotatable bonds is 9. The number of hydrogen-bond donors (Lipinski definition) is 1. The van der Waals surface area contributed by atoms with Gasteiger partial charge in [0.15, 0.2) is 5.69 Å². The highest BCUT2D eigenvalue weighted by Gasteiger charge is 2.32. The Balaban J connectivity index is 1.47. The second kappa shape index (κ2) is 9.01. The van der Waals surface area contributed by atoms with E-state index in [-0.39, 0.29) is 5.92 Å². The van der Waals surface area contributed by atoms with Crippen LogP contribution in [0.4, 0.5) is 0 Å². The third-order valence-electron chi connectivity index (χ3n) is 5.52. The maximum absolute atomic E-state index is 10.9. The van der Waals surface area contributed by atoms with Crippen LogP contribution in [-0.2, 0) is 24.2 Å². The molecule has 1 aromatic carbocycles. The predicted molar refractivity (Wildman–Crippen MR) is 114 cm³/mol. The smallest absolute Gasteiger partial charge is 0.309 e. The van der Waals surface area contributed by atoms with E-state index in [0.29, 0.717) is 36.4 Å². The molecule has 31 heavy (non-hydrogen) atoms. The Labute approximate surface area is 181 Å². The normalized spacial score (nSPS) is 14.8. The summed E-state index contributed by atoms with van der Waals surface area (Å²) in [6.07, 6.45) is 2.66. The molecule has 8 heteroatoms. The molecule has 3 heterocycles. The summed E-state index contributed by atoms with van der Waals surface area (Å²) < 4.78 is 11.1. The maximum Gasteiger partial charge on any atom is 0.309 e. The molecule has 0 radical (unpaired) electrons. The lowest BCUT2D eigenvalue weighted by atomic mass is 9.99. The Kier molecular flexibility index (Phi) is 6.18. The molecule has 0 saturated carbocycles. The second-order valence-corrected chi connectivity index (χ2v) is 8.63. The highest BCUT2D eigenvalue weighted by Crippen LogP contribution is 2.29. The second-order valence-electron chi connectivity index (χ2n) is 8.63. The molecule has 1 N–H and O–H groups in total. The first-order valence-electron chi connectivity index (χ1n) is 10.8. The Morgan fingerprint density at radius 3 is 2.58 bits per heavy atom. The van der Waals surface area contributed by atoms with Crippen molar-refractivity contribution >= 4 is 5.97 Å². The summed E-state index contributed by atoms with van der Waals surface area (Å²) in [6.45, 7) is 8.36. The molecular weight excluding hydrogens is 396 g/mol. The van der Waals surface area contributed by atoms with Crippen molar-refractivity contribution in [2.75, 3.05) is 13.1 Å². The number of likely N-dealkylation sites (tertiary alicyclic amines) is 1. The lowest BCUT2D eigenvalue weighted by Crippen LogP contribution is -2.49. The van der Waals surface area contributed by atoms with Gasteiger partial charge in [-0.15, -0.1) is 0 Å². The Bertz CT molecular complexity index is 1030. The van der Waals surface area contributed by atoms with Gasteiger partial charge in [-0.25, -0.2) is 0 Å². The molecule has 1 fully saturated rings. The molecule has 0 spiro atoms. The average Bonchev–Trinajstić information content (AvgIpc) is 3.32. The summed E-state index contributed by atoms with van der Waals surface area (Å²) in [4.78, 5) is 17.6. The first kappa shape index (κ1) is 21.2. The van der Waals surface area contributed by atoms with Gasteiger partial charge in [0.2, 0.25) is 5.82 Å². The van der Waals surface area contributed by atoms with Gasteiger partial charge in [-0.2, -0.15) is 4.98 Å². The van der Waals surface area contributed by atoms with E-state index in [4.69, 9.17) is 14.2 Å². The van der Waals surface area contributed by atoms with Crippen molar-refractivity contribution in [3.8, 4) is 23.0 Å². The van der Waals surface area contributed by atoms with E-state index in [1.54, 1.807) is 0 Å². The van der Waals surface area contributed by atoms with E-state index in [1.165, 1.54) is 0 Å². The maximum atomic E-state index is 10.9. The SMILES string of the molecule is CCCc1c(-c2nc(-c3ccc(CN4CC(C(=O)O)C4)cc3)no2)noc1CC(C)C. The minimum Gasteiger partial charge on any atom is -0.481 e. The van der Waals surface area contributed by atoms with Gasteiger partial charge in [0, 0.05) is 37.2 Å². The van der Waals surface area contributed by atoms with Crippen molar-refractivity contribution in [3.63, 3.8) is 0 Å². The molecule has 2 aromatic heterocycles. The van der Waals surface area contributed by atoms with Crippen molar-refractivity contribution in [2.45, 2.75) is 46.6 Å². The first-order chi connectivity index (χ1) is 14.9. The fourth-order valence-corrected chi connectivity index (χ4v) is 3.86. The molecule has 164 valence electrons. The number of carboxylic acids is 1. The lowest BCUT2D eigenvalue weighted by molar-refractivity contribution is -0.147. The van der Waals surface area contributed by atoms with Crippen molar-refractivity contribution < 1.29 is 18.9 Å². The molecule has 4 rings (SSSR count). The minimum absolute atomic E-state index is 0.243. The molecule has 1 aliphatic rings. The van der Waals surface area contributed by atoms with Crippen LogP contribution >= 0.6 is 0 Å². The lowest BCUT2D eigenvalue weighted by Gasteiger charge is -2.36. The van der Waals surface area contributed by atoms with Crippen molar-refractivity contribution in [2.24, 2.45) is 11.8 Å². The number of benzene rings is 1. The summed E-state index contributed by atoms with van der Waals surface area (Å²) in [5, 5.41) is 17.4. The largest absolute Gasteiger partial charge is 0.481 e. The van der Waals surface area contributed by atoms with E-state index < -0.39 is 5.97 Å². The fraction of sp³-hybridized carbons (Fsp3) is 0.478. The number of hydrogen-bond acceptors (Lipinski definition) is 7. The number of carboxylic acid groups (broad SMARTS) is 1. The molecule has 0 bridgehead atoms. The highest BCUT2D eigenvalue weighted by molar-refractivity contribution is 5.71. The first-order valence-corrected chi connectivity index (χ1v) is 10.8. The van der Waals surface area contributed by atoms with Crippen LogP contribution in [0, 0.1) is 11.8 Å². The molecule has 0 atom stereocenters. The van der Waals surface area contributed by atoms with E-state index in [2.05, 4.69) is 41.0 Å². The minimum atomic E-state index is -0.718. The van der Waals surface area contributed by atoms with Gasteiger partial charge in [-0.3, -0.25) is 9.69 Å². The molecule has 0 amide bonds. The molecule has 1 aliphatic heterocycles. The molecule has 0 unspecified atom stereocenters. The molecule has 0 aliphatic carbocycles.